The second kappa shape index (κ2) is 7.29. The number of H-pyrrole nitrogens is 2. The standard InChI is InChI=1S/C15H24N4O3/c1-3-5-7-9-18-12-11(16-14(21)17-12)13(20)19(15(18)22)10-8-6-4-2/h3-10H2,1-2H3,(H2,16,17,21). The lowest BCUT2D eigenvalue weighted by Gasteiger charge is -2.11. The summed E-state index contributed by atoms with van der Waals surface area (Å²) in [6.07, 6.45) is 5.63. The van der Waals surface area contributed by atoms with E-state index in [-0.39, 0.29) is 11.2 Å². The summed E-state index contributed by atoms with van der Waals surface area (Å²) in [6, 6.07) is 0. The van der Waals surface area contributed by atoms with Crippen molar-refractivity contribution in [1.29, 1.82) is 0 Å². The fourth-order valence-corrected chi connectivity index (χ4v) is 2.64. The van der Waals surface area contributed by atoms with Gasteiger partial charge in [-0.25, -0.2) is 9.59 Å². The first kappa shape index (κ1) is 16.3. The summed E-state index contributed by atoms with van der Waals surface area (Å²) < 4.78 is 2.75. The number of unbranched alkanes of at least 4 members (excludes halogenated alkanes) is 4. The number of hydrogen-bond donors (Lipinski definition) is 2. The zero-order chi connectivity index (χ0) is 16.1. The highest BCUT2D eigenvalue weighted by Crippen LogP contribution is 2.04. The zero-order valence-corrected chi connectivity index (χ0v) is 13.3. The molecule has 2 rings (SSSR count). The average Bonchev–Trinajstić information content (AvgIpc) is 2.88. The van der Waals surface area contributed by atoms with Gasteiger partial charge in [0.2, 0.25) is 0 Å². The summed E-state index contributed by atoms with van der Waals surface area (Å²) in [5.41, 5.74) is -0.705. The van der Waals surface area contributed by atoms with E-state index in [0.717, 1.165) is 38.5 Å². The lowest BCUT2D eigenvalue weighted by atomic mass is 10.2. The Bertz CT molecular complexity index is 794. The lowest BCUT2D eigenvalue weighted by molar-refractivity contribution is 0.516. The number of fused-ring (bicyclic) bond motifs is 1. The number of hydrogen-bond acceptors (Lipinski definition) is 3. The molecular weight excluding hydrogens is 284 g/mol. The summed E-state index contributed by atoms with van der Waals surface area (Å²) in [5.74, 6) is 0. The highest BCUT2D eigenvalue weighted by Gasteiger charge is 2.15. The maximum Gasteiger partial charge on any atom is 0.332 e. The summed E-state index contributed by atoms with van der Waals surface area (Å²) in [5, 5.41) is 0. The van der Waals surface area contributed by atoms with E-state index in [1.165, 1.54) is 9.13 Å². The summed E-state index contributed by atoms with van der Waals surface area (Å²) in [6.45, 7) is 5.05. The Morgan fingerprint density at radius 2 is 1.41 bits per heavy atom. The molecule has 0 atom stereocenters. The van der Waals surface area contributed by atoms with Crippen molar-refractivity contribution in [3.63, 3.8) is 0 Å². The van der Waals surface area contributed by atoms with Crippen LogP contribution >= 0.6 is 0 Å². The van der Waals surface area contributed by atoms with Crippen LogP contribution in [0.15, 0.2) is 14.4 Å². The Labute approximate surface area is 128 Å². The summed E-state index contributed by atoms with van der Waals surface area (Å²) >= 11 is 0. The summed E-state index contributed by atoms with van der Waals surface area (Å²) in [7, 11) is 0. The minimum Gasteiger partial charge on any atom is -0.300 e. The first-order chi connectivity index (χ1) is 10.6. The van der Waals surface area contributed by atoms with Crippen LogP contribution < -0.4 is 16.9 Å². The first-order valence-corrected chi connectivity index (χ1v) is 8.05. The molecule has 22 heavy (non-hydrogen) atoms. The van der Waals surface area contributed by atoms with Crippen molar-refractivity contribution in [2.24, 2.45) is 0 Å². The number of nitrogens with zero attached hydrogens (tertiary/aromatic N) is 2. The summed E-state index contributed by atoms with van der Waals surface area (Å²) in [4.78, 5) is 41.6. The Kier molecular flexibility index (Phi) is 5.41. The third kappa shape index (κ3) is 3.23. The predicted octanol–water partition coefficient (Wildman–Crippen LogP) is 1.56. The van der Waals surface area contributed by atoms with Crippen LogP contribution in [0, 0.1) is 0 Å². The van der Waals surface area contributed by atoms with E-state index >= 15 is 0 Å². The van der Waals surface area contributed by atoms with Gasteiger partial charge in [0.15, 0.2) is 5.52 Å². The van der Waals surface area contributed by atoms with Crippen molar-refractivity contribution in [2.45, 2.75) is 65.5 Å². The van der Waals surface area contributed by atoms with Crippen LogP contribution in [0.3, 0.4) is 0 Å². The van der Waals surface area contributed by atoms with Crippen molar-refractivity contribution in [3.05, 3.63) is 31.3 Å². The third-order valence-corrected chi connectivity index (χ3v) is 3.87. The van der Waals surface area contributed by atoms with E-state index in [4.69, 9.17) is 0 Å². The van der Waals surface area contributed by atoms with Gasteiger partial charge in [-0.15, -0.1) is 0 Å². The molecule has 0 saturated carbocycles. The minimum atomic E-state index is -0.456. The van der Waals surface area contributed by atoms with Gasteiger partial charge in [-0.1, -0.05) is 39.5 Å². The minimum absolute atomic E-state index is 0.192. The van der Waals surface area contributed by atoms with Gasteiger partial charge in [0.1, 0.15) is 5.65 Å². The van der Waals surface area contributed by atoms with Gasteiger partial charge >= 0.3 is 11.4 Å². The van der Waals surface area contributed by atoms with Gasteiger partial charge < -0.3 is 0 Å². The molecule has 0 saturated heterocycles. The molecule has 0 spiro atoms. The maximum absolute atomic E-state index is 12.6. The van der Waals surface area contributed by atoms with Gasteiger partial charge in [-0.2, -0.15) is 0 Å². The molecule has 0 amide bonds. The molecule has 0 aliphatic rings. The number of nitrogens with one attached hydrogen (secondary N) is 2. The average molecular weight is 308 g/mol. The van der Waals surface area contributed by atoms with E-state index in [9.17, 15) is 14.4 Å². The van der Waals surface area contributed by atoms with Crippen LogP contribution in [0.2, 0.25) is 0 Å². The maximum atomic E-state index is 12.6. The molecule has 2 aromatic rings. The SMILES string of the molecule is CCCCCn1c(=O)c2[nH]c(=O)[nH]c2n(CCCCC)c1=O. The predicted molar refractivity (Wildman–Crippen MR) is 86.5 cm³/mol. The Balaban J connectivity index is 2.52. The van der Waals surface area contributed by atoms with Crippen molar-refractivity contribution in [2.75, 3.05) is 0 Å². The number of aromatic amines is 2. The molecule has 0 radical (unpaired) electrons. The number of rotatable bonds is 8. The van der Waals surface area contributed by atoms with E-state index in [0.29, 0.717) is 18.7 Å². The molecule has 7 heteroatoms. The Morgan fingerprint density at radius 1 is 0.818 bits per heavy atom. The molecule has 7 nitrogen and oxygen atoms in total. The third-order valence-electron chi connectivity index (χ3n) is 3.87. The number of imidazole rings is 1. The van der Waals surface area contributed by atoms with E-state index in [2.05, 4.69) is 23.8 Å². The highest BCUT2D eigenvalue weighted by molar-refractivity contribution is 5.68. The second-order valence-electron chi connectivity index (χ2n) is 5.61. The van der Waals surface area contributed by atoms with Gasteiger partial charge in [0.05, 0.1) is 0 Å². The highest BCUT2D eigenvalue weighted by atomic mass is 16.2. The van der Waals surface area contributed by atoms with Crippen molar-refractivity contribution < 1.29 is 0 Å². The largest absolute Gasteiger partial charge is 0.332 e. The van der Waals surface area contributed by atoms with Crippen LogP contribution in [0.25, 0.3) is 11.2 Å². The quantitative estimate of drug-likeness (QED) is 0.725. The van der Waals surface area contributed by atoms with E-state index < -0.39 is 11.2 Å². The molecule has 2 aromatic heterocycles. The number of aryl methyl sites for hydroxylation is 1. The molecule has 0 fully saturated rings. The molecule has 0 aliphatic carbocycles. The lowest BCUT2D eigenvalue weighted by Crippen LogP contribution is -2.40. The van der Waals surface area contributed by atoms with Gasteiger partial charge in [-0.05, 0) is 12.8 Å². The van der Waals surface area contributed by atoms with Gasteiger partial charge in [-0.3, -0.25) is 23.9 Å². The Hall–Kier alpha value is -2.05. The molecule has 2 N–H and O–H groups in total. The fourth-order valence-electron chi connectivity index (χ4n) is 2.64. The van der Waals surface area contributed by atoms with Crippen molar-refractivity contribution in [3.8, 4) is 0 Å². The molecular formula is C15H24N4O3. The molecule has 122 valence electrons. The smallest absolute Gasteiger partial charge is 0.300 e. The number of aromatic nitrogens is 4. The van der Waals surface area contributed by atoms with E-state index in [1.807, 2.05) is 0 Å². The zero-order valence-electron chi connectivity index (χ0n) is 13.3. The molecule has 2 heterocycles. The van der Waals surface area contributed by atoms with E-state index in [1.54, 1.807) is 0 Å². The molecule has 0 bridgehead atoms. The topological polar surface area (TPSA) is 92.7 Å². The monoisotopic (exact) mass is 308 g/mol. The molecule has 0 aliphatic heterocycles. The van der Waals surface area contributed by atoms with Crippen molar-refractivity contribution in [1.82, 2.24) is 19.1 Å². The van der Waals surface area contributed by atoms with Crippen LogP contribution in [0.4, 0.5) is 0 Å². The normalized spacial score (nSPS) is 11.4. The fraction of sp³-hybridized carbons (Fsp3) is 0.667. The van der Waals surface area contributed by atoms with Gasteiger partial charge in [0.25, 0.3) is 5.56 Å². The van der Waals surface area contributed by atoms with Crippen LogP contribution in [-0.2, 0) is 13.1 Å². The van der Waals surface area contributed by atoms with Gasteiger partial charge in [0, 0.05) is 13.1 Å². The molecule has 0 unspecified atom stereocenters. The van der Waals surface area contributed by atoms with Crippen LogP contribution in [0.5, 0.6) is 0 Å². The van der Waals surface area contributed by atoms with Crippen LogP contribution in [0.1, 0.15) is 52.4 Å². The molecule has 0 aromatic carbocycles. The first-order valence-electron chi connectivity index (χ1n) is 8.05. The second-order valence-corrected chi connectivity index (χ2v) is 5.61. The van der Waals surface area contributed by atoms with Crippen molar-refractivity contribution >= 4 is 11.2 Å². The Morgan fingerprint density at radius 3 is 2.00 bits per heavy atom. The van der Waals surface area contributed by atoms with Crippen LogP contribution in [-0.4, -0.2) is 19.1 Å².